The second kappa shape index (κ2) is 6.36. The van der Waals surface area contributed by atoms with Crippen molar-refractivity contribution in [2.75, 3.05) is 13.1 Å². The van der Waals surface area contributed by atoms with Crippen molar-refractivity contribution in [3.05, 3.63) is 46.2 Å². The van der Waals surface area contributed by atoms with E-state index >= 15 is 0 Å². The highest BCUT2D eigenvalue weighted by Crippen LogP contribution is 2.23. The van der Waals surface area contributed by atoms with Gasteiger partial charge in [0.05, 0.1) is 22.1 Å². The van der Waals surface area contributed by atoms with E-state index in [1.807, 2.05) is 47.7 Å². The van der Waals surface area contributed by atoms with E-state index in [9.17, 15) is 4.79 Å². The molecule has 23 heavy (non-hydrogen) atoms. The molecule has 0 unspecified atom stereocenters. The number of halogens is 1. The van der Waals surface area contributed by atoms with Crippen LogP contribution in [-0.4, -0.2) is 33.7 Å². The predicted octanol–water partition coefficient (Wildman–Crippen LogP) is 4.01. The summed E-state index contributed by atoms with van der Waals surface area (Å²) in [7, 11) is 0. The van der Waals surface area contributed by atoms with Crippen LogP contribution in [0.15, 0.2) is 24.3 Å². The second-order valence-corrected chi connectivity index (χ2v) is 6.80. The van der Waals surface area contributed by atoms with E-state index < -0.39 is 0 Å². The first kappa shape index (κ1) is 16.1. The van der Waals surface area contributed by atoms with Gasteiger partial charge in [-0.2, -0.15) is 5.10 Å². The molecule has 0 spiro atoms. The van der Waals surface area contributed by atoms with Crippen LogP contribution in [0.2, 0.25) is 5.02 Å². The number of rotatable bonds is 2. The first-order valence-electron chi connectivity index (χ1n) is 8.09. The van der Waals surface area contributed by atoms with E-state index in [-0.39, 0.29) is 5.91 Å². The first-order chi connectivity index (χ1) is 11.0. The van der Waals surface area contributed by atoms with Crippen LogP contribution in [-0.2, 0) is 0 Å². The number of aryl methyl sites for hydroxylation is 1. The van der Waals surface area contributed by atoms with Gasteiger partial charge in [-0.3, -0.25) is 4.79 Å². The number of carbonyl (C=O) groups is 1. The molecule has 1 saturated heterocycles. The quantitative estimate of drug-likeness (QED) is 0.833. The molecule has 0 aliphatic carbocycles. The highest BCUT2D eigenvalue weighted by atomic mass is 35.5. The molecule has 1 aliphatic heterocycles. The summed E-state index contributed by atoms with van der Waals surface area (Å²) in [6, 6.07) is 7.60. The number of amides is 1. The number of benzene rings is 1. The van der Waals surface area contributed by atoms with Crippen molar-refractivity contribution in [2.24, 2.45) is 5.92 Å². The number of piperidine rings is 1. The molecule has 4 nitrogen and oxygen atoms in total. The fraction of sp³-hybridized carbons (Fsp3) is 0.444. The Balaban J connectivity index is 1.79. The van der Waals surface area contributed by atoms with Crippen molar-refractivity contribution in [3.63, 3.8) is 0 Å². The van der Waals surface area contributed by atoms with Crippen molar-refractivity contribution in [3.8, 4) is 5.69 Å². The molecule has 1 aliphatic rings. The maximum Gasteiger partial charge on any atom is 0.253 e. The van der Waals surface area contributed by atoms with E-state index in [1.165, 1.54) is 0 Å². The summed E-state index contributed by atoms with van der Waals surface area (Å²) in [6.45, 7) is 7.79. The Bertz CT molecular complexity index is 713. The predicted molar refractivity (Wildman–Crippen MR) is 92.3 cm³/mol. The molecule has 1 aromatic heterocycles. The van der Waals surface area contributed by atoms with Crippen molar-refractivity contribution in [1.29, 1.82) is 0 Å². The van der Waals surface area contributed by atoms with Gasteiger partial charge in [-0.25, -0.2) is 4.68 Å². The molecular weight excluding hydrogens is 310 g/mol. The third kappa shape index (κ3) is 3.13. The first-order valence-corrected chi connectivity index (χ1v) is 8.46. The summed E-state index contributed by atoms with van der Waals surface area (Å²) in [4.78, 5) is 14.5. The van der Waals surface area contributed by atoms with Gasteiger partial charge in [-0.1, -0.05) is 18.5 Å². The molecule has 2 aromatic rings. The average Bonchev–Trinajstić information content (AvgIpc) is 2.83. The highest BCUT2D eigenvalue weighted by Gasteiger charge is 2.21. The molecule has 122 valence electrons. The van der Waals surface area contributed by atoms with Gasteiger partial charge in [0, 0.05) is 18.7 Å². The van der Waals surface area contributed by atoms with Gasteiger partial charge < -0.3 is 4.90 Å². The number of hydrogen-bond acceptors (Lipinski definition) is 2. The SMILES string of the molecule is Cc1nn(-c2ccc(C(=O)N3CCC(C)CC3)cc2)c(C)c1Cl. The van der Waals surface area contributed by atoms with Crippen molar-refractivity contribution >= 4 is 17.5 Å². The zero-order valence-electron chi connectivity index (χ0n) is 13.8. The Kier molecular flexibility index (Phi) is 4.44. The largest absolute Gasteiger partial charge is 0.339 e. The molecule has 3 rings (SSSR count). The van der Waals surface area contributed by atoms with Gasteiger partial charge in [0.15, 0.2) is 0 Å². The molecule has 5 heteroatoms. The molecule has 0 saturated carbocycles. The summed E-state index contributed by atoms with van der Waals surface area (Å²) >= 11 is 6.20. The van der Waals surface area contributed by atoms with Crippen molar-refractivity contribution in [2.45, 2.75) is 33.6 Å². The summed E-state index contributed by atoms with van der Waals surface area (Å²) < 4.78 is 1.81. The molecule has 0 atom stereocenters. The van der Waals surface area contributed by atoms with Gasteiger partial charge in [-0.15, -0.1) is 0 Å². The summed E-state index contributed by atoms with van der Waals surface area (Å²) in [5.74, 6) is 0.840. The molecule has 0 radical (unpaired) electrons. The Morgan fingerprint density at radius 1 is 1.17 bits per heavy atom. The summed E-state index contributed by atoms with van der Waals surface area (Å²) in [5, 5.41) is 5.13. The lowest BCUT2D eigenvalue weighted by atomic mass is 9.98. The zero-order chi connectivity index (χ0) is 16.6. The van der Waals surface area contributed by atoms with Gasteiger partial charge in [0.2, 0.25) is 0 Å². The molecule has 2 heterocycles. The monoisotopic (exact) mass is 331 g/mol. The zero-order valence-corrected chi connectivity index (χ0v) is 14.6. The molecular formula is C18H22ClN3O. The lowest BCUT2D eigenvalue weighted by Gasteiger charge is -2.30. The Labute approximate surface area is 142 Å². The molecule has 0 N–H and O–H groups in total. The maximum atomic E-state index is 12.6. The molecule has 1 fully saturated rings. The van der Waals surface area contributed by atoms with Crippen LogP contribution in [0.4, 0.5) is 0 Å². The smallest absolute Gasteiger partial charge is 0.253 e. The highest BCUT2D eigenvalue weighted by molar-refractivity contribution is 6.31. The molecule has 1 aromatic carbocycles. The topological polar surface area (TPSA) is 38.1 Å². The molecule has 0 bridgehead atoms. The standard InChI is InChI=1S/C18H22ClN3O/c1-12-8-10-21(11-9-12)18(23)15-4-6-16(7-5-15)22-14(3)17(19)13(2)20-22/h4-7,12H,8-11H2,1-3H3. The minimum atomic E-state index is 0.120. The van der Waals surface area contributed by atoms with Gasteiger partial charge in [-0.05, 0) is 56.9 Å². The fourth-order valence-corrected chi connectivity index (χ4v) is 3.13. The molecule has 1 amide bonds. The van der Waals surface area contributed by atoms with E-state index in [2.05, 4.69) is 12.0 Å². The third-order valence-electron chi connectivity index (χ3n) is 4.63. The van der Waals surface area contributed by atoms with Gasteiger partial charge >= 0.3 is 0 Å². The lowest BCUT2D eigenvalue weighted by molar-refractivity contribution is 0.0697. The normalized spacial score (nSPS) is 15.9. The number of hydrogen-bond donors (Lipinski definition) is 0. The number of carbonyl (C=O) groups excluding carboxylic acids is 1. The Morgan fingerprint density at radius 2 is 1.78 bits per heavy atom. The van der Waals surface area contributed by atoms with E-state index in [4.69, 9.17) is 11.6 Å². The van der Waals surface area contributed by atoms with Crippen LogP contribution in [0.3, 0.4) is 0 Å². The van der Waals surface area contributed by atoms with Gasteiger partial charge in [0.25, 0.3) is 5.91 Å². The fourth-order valence-electron chi connectivity index (χ4n) is 3.01. The maximum absolute atomic E-state index is 12.6. The van der Waals surface area contributed by atoms with Crippen LogP contribution in [0.25, 0.3) is 5.69 Å². The van der Waals surface area contributed by atoms with Crippen molar-refractivity contribution < 1.29 is 4.79 Å². The van der Waals surface area contributed by atoms with Gasteiger partial charge in [0.1, 0.15) is 0 Å². The Hall–Kier alpha value is -1.81. The lowest BCUT2D eigenvalue weighted by Crippen LogP contribution is -2.37. The number of nitrogens with zero attached hydrogens (tertiary/aromatic N) is 3. The van der Waals surface area contributed by atoms with Crippen LogP contribution in [0, 0.1) is 19.8 Å². The van der Waals surface area contributed by atoms with Crippen LogP contribution in [0.1, 0.15) is 41.5 Å². The van der Waals surface area contributed by atoms with E-state index in [0.29, 0.717) is 5.02 Å². The van der Waals surface area contributed by atoms with Crippen LogP contribution >= 0.6 is 11.6 Å². The second-order valence-electron chi connectivity index (χ2n) is 6.42. The number of aromatic nitrogens is 2. The Morgan fingerprint density at radius 3 is 2.30 bits per heavy atom. The minimum absolute atomic E-state index is 0.120. The van der Waals surface area contributed by atoms with Crippen LogP contribution < -0.4 is 0 Å². The summed E-state index contributed by atoms with van der Waals surface area (Å²) in [5.41, 5.74) is 3.37. The van der Waals surface area contributed by atoms with Crippen molar-refractivity contribution in [1.82, 2.24) is 14.7 Å². The number of likely N-dealkylation sites (tertiary alicyclic amines) is 1. The average molecular weight is 332 g/mol. The van der Waals surface area contributed by atoms with Crippen LogP contribution in [0.5, 0.6) is 0 Å². The van der Waals surface area contributed by atoms with E-state index in [1.54, 1.807) is 0 Å². The van der Waals surface area contributed by atoms with E-state index in [0.717, 1.165) is 54.5 Å². The summed E-state index contributed by atoms with van der Waals surface area (Å²) in [6.07, 6.45) is 2.18. The minimum Gasteiger partial charge on any atom is -0.339 e. The third-order valence-corrected chi connectivity index (χ3v) is 5.18.